The molecule has 11 aromatic rings. The van der Waals surface area contributed by atoms with Crippen LogP contribution in [0, 0.1) is 0 Å². The van der Waals surface area contributed by atoms with E-state index in [4.69, 9.17) is 4.42 Å². The zero-order valence-electron chi connectivity index (χ0n) is 29.8. The van der Waals surface area contributed by atoms with Crippen LogP contribution in [0.4, 0.5) is 17.1 Å². The van der Waals surface area contributed by atoms with Gasteiger partial charge in [-0.1, -0.05) is 146 Å². The fourth-order valence-electron chi connectivity index (χ4n) is 8.21. The van der Waals surface area contributed by atoms with Gasteiger partial charge in [0.25, 0.3) is 0 Å². The Hall–Kier alpha value is -6.94. The molecule has 0 fully saturated rings. The minimum Gasteiger partial charge on any atom is -0.455 e. The Morgan fingerprint density at radius 1 is 0.400 bits per heavy atom. The molecule has 0 amide bonds. The maximum atomic E-state index is 6.90. The summed E-state index contributed by atoms with van der Waals surface area (Å²) in [6, 6.07) is 72.0. The predicted octanol–water partition coefficient (Wildman–Crippen LogP) is 15.6. The Balaban J connectivity index is 1.12. The third kappa shape index (κ3) is 5.32. The lowest BCUT2D eigenvalue weighted by atomic mass is 9.97. The van der Waals surface area contributed by atoms with Gasteiger partial charge in [-0.3, -0.25) is 0 Å². The van der Waals surface area contributed by atoms with Crippen molar-refractivity contribution in [3.05, 3.63) is 200 Å². The molecule has 0 aliphatic carbocycles. The first kappa shape index (κ1) is 31.6. The maximum Gasteiger partial charge on any atom is 0.145 e. The van der Waals surface area contributed by atoms with E-state index in [1.165, 1.54) is 53.2 Å². The first-order valence-corrected chi connectivity index (χ1v) is 19.5. The van der Waals surface area contributed by atoms with Gasteiger partial charge in [-0.15, -0.1) is 11.3 Å². The molecule has 2 aromatic heterocycles. The van der Waals surface area contributed by atoms with Crippen LogP contribution in [0.25, 0.3) is 86.3 Å². The van der Waals surface area contributed by atoms with Gasteiger partial charge >= 0.3 is 0 Å². The number of benzene rings is 9. The first-order chi connectivity index (χ1) is 27.3. The molecule has 0 unspecified atom stereocenters. The fourth-order valence-corrected chi connectivity index (χ4v) is 9.45. The average Bonchev–Trinajstić information content (AvgIpc) is 3.82. The molecule has 0 saturated carbocycles. The van der Waals surface area contributed by atoms with E-state index in [1.807, 2.05) is 11.3 Å². The second kappa shape index (κ2) is 12.9. The van der Waals surface area contributed by atoms with Gasteiger partial charge in [0, 0.05) is 47.9 Å². The van der Waals surface area contributed by atoms with Gasteiger partial charge in [0.1, 0.15) is 11.2 Å². The molecule has 0 spiro atoms. The van der Waals surface area contributed by atoms with Crippen LogP contribution in [0.5, 0.6) is 0 Å². The quantitative estimate of drug-likeness (QED) is 0.170. The van der Waals surface area contributed by atoms with Crippen LogP contribution >= 0.6 is 11.3 Å². The summed E-state index contributed by atoms with van der Waals surface area (Å²) in [6.45, 7) is 0. The van der Waals surface area contributed by atoms with Crippen molar-refractivity contribution < 1.29 is 4.42 Å². The molecule has 0 saturated heterocycles. The van der Waals surface area contributed by atoms with E-state index < -0.39 is 0 Å². The van der Waals surface area contributed by atoms with Crippen LogP contribution in [0.15, 0.2) is 205 Å². The first-order valence-electron chi connectivity index (χ1n) is 18.7. The van der Waals surface area contributed by atoms with Crippen molar-refractivity contribution in [1.29, 1.82) is 0 Å². The topological polar surface area (TPSA) is 16.4 Å². The van der Waals surface area contributed by atoms with Crippen molar-refractivity contribution >= 4 is 81.3 Å². The third-order valence-corrected chi connectivity index (χ3v) is 12.1. The number of furan rings is 1. The van der Waals surface area contributed by atoms with Gasteiger partial charge in [-0.2, -0.15) is 0 Å². The number of thiophene rings is 1. The smallest absolute Gasteiger partial charge is 0.145 e. The average molecular weight is 720 g/mol. The lowest BCUT2D eigenvalue weighted by molar-refractivity contribution is 0.670. The van der Waals surface area contributed by atoms with Gasteiger partial charge < -0.3 is 9.32 Å². The van der Waals surface area contributed by atoms with Crippen molar-refractivity contribution in [2.75, 3.05) is 4.90 Å². The molecular weight excluding hydrogens is 687 g/mol. The van der Waals surface area contributed by atoms with E-state index in [9.17, 15) is 0 Å². The molecule has 9 aromatic carbocycles. The highest BCUT2D eigenvalue weighted by Crippen LogP contribution is 2.48. The number of hydrogen-bond donors (Lipinski definition) is 0. The van der Waals surface area contributed by atoms with Crippen LogP contribution in [-0.2, 0) is 0 Å². The SMILES string of the molecule is c1ccc(-c2ccc(N(c3ccc(-c4cccc5c4sc4ccccc45)cc3)c3ccc4c(oc5cc6ccccc6cc54)c3-c3ccccc3)cc2)cc1. The van der Waals surface area contributed by atoms with E-state index >= 15 is 0 Å². The van der Waals surface area contributed by atoms with Gasteiger partial charge in [0.15, 0.2) is 0 Å². The van der Waals surface area contributed by atoms with Gasteiger partial charge in [0.2, 0.25) is 0 Å². The summed E-state index contributed by atoms with van der Waals surface area (Å²) in [6.07, 6.45) is 0. The highest BCUT2D eigenvalue weighted by atomic mass is 32.1. The van der Waals surface area contributed by atoms with E-state index in [0.29, 0.717) is 0 Å². The molecule has 0 aliphatic rings. The molecule has 2 nitrogen and oxygen atoms in total. The second-order valence-electron chi connectivity index (χ2n) is 14.1. The van der Waals surface area contributed by atoms with Crippen LogP contribution in [0.3, 0.4) is 0 Å². The van der Waals surface area contributed by atoms with Gasteiger partial charge in [0.05, 0.1) is 5.69 Å². The van der Waals surface area contributed by atoms with Crippen LogP contribution in [0.1, 0.15) is 0 Å². The lowest BCUT2D eigenvalue weighted by Gasteiger charge is -2.28. The molecule has 3 heteroatoms. The molecule has 2 heterocycles. The van der Waals surface area contributed by atoms with Crippen molar-refractivity contribution in [1.82, 2.24) is 0 Å². The maximum absolute atomic E-state index is 6.90. The Kier molecular flexibility index (Phi) is 7.39. The number of rotatable bonds is 6. The number of hydrogen-bond acceptors (Lipinski definition) is 3. The normalized spacial score (nSPS) is 11.6. The lowest BCUT2D eigenvalue weighted by Crippen LogP contribution is -2.11. The standard InChI is InChI=1S/C52H33NOS/c1-3-12-34(13-4-1)35-22-26-40(27-23-35)53(41-28-24-36(25-29-41)42-19-11-20-45-43-18-9-10-21-49(43)55-52(42)45)47-31-30-44-46-32-38-16-7-8-17-39(38)33-48(46)54-51(44)50(47)37-14-5-2-6-15-37/h1-33H. The molecule has 0 atom stereocenters. The summed E-state index contributed by atoms with van der Waals surface area (Å²) in [7, 11) is 0. The number of fused-ring (bicyclic) bond motifs is 7. The molecule has 0 aliphatic heterocycles. The highest BCUT2D eigenvalue weighted by molar-refractivity contribution is 7.26. The van der Waals surface area contributed by atoms with E-state index in [2.05, 4.69) is 205 Å². The second-order valence-corrected chi connectivity index (χ2v) is 15.1. The van der Waals surface area contributed by atoms with E-state index in [1.54, 1.807) is 0 Å². The van der Waals surface area contributed by atoms with Crippen molar-refractivity contribution in [2.24, 2.45) is 0 Å². The largest absolute Gasteiger partial charge is 0.455 e. The summed E-state index contributed by atoms with van der Waals surface area (Å²) in [4.78, 5) is 2.38. The summed E-state index contributed by atoms with van der Waals surface area (Å²) in [5.74, 6) is 0. The molecule has 0 bridgehead atoms. The monoisotopic (exact) mass is 719 g/mol. The Bertz CT molecular complexity index is 3180. The Morgan fingerprint density at radius 2 is 1.00 bits per heavy atom. The molecule has 11 rings (SSSR count). The predicted molar refractivity (Wildman–Crippen MR) is 235 cm³/mol. The van der Waals surface area contributed by atoms with Crippen molar-refractivity contribution in [3.8, 4) is 33.4 Å². The minimum absolute atomic E-state index is 0.882. The zero-order valence-corrected chi connectivity index (χ0v) is 30.6. The Morgan fingerprint density at radius 3 is 1.75 bits per heavy atom. The van der Waals surface area contributed by atoms with Crippen LogP contribution in [-0.4, -0.2) is 0 Å². The van der Waals surface area contributed by atoms with E-state index in [0.717, 1.165) is 50.1 Å². The summed E-state index contributed by atoms with van der Waals surface area (Å²) in [5, 5.41) is 7.22. The number of anilines is 3. The molecule has 0 N–H and O–H groups in total. The van der Waals surface area contributed by atoms with Gasteiger partial charge in [-0.25, -0.2) is 0 Å². The fraction of sp³-hybridized carbons (Fsp3) is 0. The van der Waals surface area contributed by atoms with Crippen molar-refractivity contribution in [3.63, 3.8) is 0 Å². The molecule has 0 radical (unpaired) electrons. The highest BCUT2D eigenvalue weighted by Gasteiger charge is 2.23. The molecule has 258 valence electrons. The molecule has 55 heavy (non-hydrogen) atoms. The summed E-state index contributed by atoms with van der Waals surface area (Å²) >= 11 is 1.87. The number of nitrogens with zero attached hydrogens (tertiary/aromatic N) is 1. The van der Waals surface area contributed by atoms with Crippen LogP contribution in [0.2, 0.25) is 0 Å². The van der Waals surface area contributed by atoms with Gasteiger partial charge in [-0.05, 0) is 93.2 Å². The minimum atomic E-state index is 0.882. The third-order valence-electron chi connectivity index (χ3n) is 10.9. The Labute approximate surface area is 322 Å². The summed E-state index contributed by atoms with van der Waals surface area (Å²) in [5.41, 5.74) is 11.9. The van der Waals surface area contributed by atoms with Crippen LogP contribution < -0.4 is 4.90 Å². The molecular formula is C52H33NOS. The van der Waals surface area contributed by atoms with Crippen molar-refractivity contribution in [2.45, 2.75) is 0 Å². The van der Waals surface area contributed by atoms with E-state index in [-0.39, 0.29) is 0 Å². The zero-order chi connectivity index (χ0) is 36.3. The summed E-state index contributed by atoms with van der Waals surface area (Å²) < 4.78 is 9.54.